The lowest BCUT2D eigenvalue weighted by Crippen LogP contribution is -2.13. The maximum atomic E-state index is 4.49. The first kappa shape index (κ1) is 10.1. The summed E-state index contributed by atoms with van der Waals surface area (Å²) < 4.78 is 1.93. The molecule has 0 aliphatic rings. The van der Waals surface area contributed by atoms with Crippen molar-refractivity contribution in [2.45, 2.75) is 40.0 Å². The standard InChI is InChI=1S/C12H17N3/c1-8-6-7-10(12(3,4)5)11-13-9(2)14-15(8)11/h6-7H,1-5H3. The van der Waals surface area contributed by atoms with E-state index in [0.29, 0.717) is 0 Å². The third-order valence-electron chi connectivity index (χ3n) is 2.59. The van der Waals surface area contributed by atoms with E-state index < -0.39 is 0 Å². The first-order valence-electron chi connectivity index (χ1n) is 5.23. The molecule has 0 fully saturated rings. The van der Waals surface area contributed by atoms with Gasteiger partial charge in [0.15, 0.2) is 5.65 Å². The Kier molecular flexibility index (Phi) is 2.07. The van der Waals surface area contributed by atoms with Crippen LogP contribution < -0.4 is 0 Å². The molecule has 3 nitrogen and oxygen atoms in total. The lowest BCUT2D eigenvalue weighted by atomic mass is 9.87. The summed E-state index contributed by atoms with van der Waals surface area (Å²) in [6, 6.07) is 4.25. The second kappa shape index (κ2) is 3.05. The first-order chi connectivity index (χ1) is 6.89. The molecule has 0 aliphatic heterocycles. The van der Waals surface area contributed by atoms with Gasteiger partial charge in [-0.3, -0.25) is 0 Å². The van der Waals surface area contributed by atoms with Gasteiger partial charge < -0.3 is 0 Å². The fourth-order valence-corrected chi connectivity index (χ4v) is 1.77. The van der Waals surface area contributed by atoms with E-state index >= 15 is 0 Å². The smallest absolute Gasteiger partial charge is 0.159 e. The number of pyridine rings is 1. The second-order valence-electron chi connectivity index (χ2n) is 5.03. The van der Waals surface area contributed by atoms with Crippen molar-refractivity contribution >= 4 is 5.65 Å². The van der Waals surface area contributed by atoms with Crippen molar-refractivity contribution in [3.8, 4) is 0 Å². The number of nitrogens with zero attached hydrogens (tertiary/aromatic N) is 3. The summed E-state index contributed by atoms with van der Waals surface area (Å²) >= 11 is 0. The highest BCUT2D eigenvalue weighted by atomic mass is 15.3. The average Bonchev–Trinajstić information content (AvgIpc) is 2.45. The highest BCUT2D eigenvalue weighted by Gasteiger charge is 2.19. The molecule has 0 N–H and O–H groups in total. The summed E-state index contributed by atoms with van der Waals surface area (Å²) in [6.45, 7) is 10.6. The Morgan fingerprint density at radius 3 is 2.40 bits per heavy atom. The molecule has 0 spiro atoms. The normalized spacial score (nSPS) is 12.3. The van der Waals surface area contributed by atoms with Crippen molar-refractivity contribution in [1.29, 1.82) is 0 Å². The van der Waals surface area contributed by atoms with Gasteiger partial charge in [-0.05, 0) is 25.3 Å². The summed E-state index contributed by atoms with van der Waals surface area (Å²) in [6.07, 6.45) is 0. The molecule has 3 heteroatoms. The van der Waals surface area contributed by atoms with Crippen LogP contribution in [0.25, 0.3) is 5.65 Å². The highest BCUT2D eigenvalue weighted by molar-refractivity contribution is 5.51. The molecule has 0 radical (unpaired) electrons. The van der Waals surface area contributed by atoms with Crippen molar-refractivity contribution in [2.24, 2.45) is 0 Å². The summed E-state index contributed by atoms with van der Waals surface area (Å²) in [7, 11) is 0. The minimum absolute atomic E-state index is 0.106. The van der Waals surface area contributed by atoms with Crippen LogP contribution in [0.15, 0.2) is 12.1 Å². The van der Waals surface area contributed by atoms with E-state index in [1.165, 1.54) is 5.56 Å². The Balaban J connectivity index is 2.83. The van der Waals surface area contributed by atoms with E-state index in [1.54, 1.807) is 0 Å². The SMILES string of the molecule is Cc1nc2c(C(C)(C)C)ccc(C)n2n1. The topological polar surface area (TPSA) is 30.2 Å². The molecule has 0 aromatic carbocycles. The van der Waals surface area contributed by atoms with Crippen LogP contribution >= 0.6 is 0 Å². The average molecular weight is 203 g/mol. The van der Waals surface area contributed by atoms with Crippen LogP contribution in [-0.4, -0.2) is 14.6 Å². The lowest BCUT2D eigenvalue weighted by molar-refractivity contribution is 0.590. The number of aryl methyl sites for hydroxylation is 2. The molecule has 2 aromatic heterocycles. The molecular weight excluding hydrogens is 186 g/mol. The van der Waals surface area contributed by atoms with Crippen molar-refractivity contribution in [2.75, 3.05) is 0 Å². The van der Waals surface area contributed by atoms with Crippen LogP contribution in [0.2, 0.25) is 0 Å². The van der Waals surface area contributed by atoms with Crippen LogP contribution in [-0.2, 0) is 5.41 Å². The molecule has 15 heavy (non-hydrogen) atoms. The van der Waals surface area contributed by atoms with Crippen LogP contribution in [0, 0.1) is 13.8 Å². The van der Waals surface area contributed by atoms with Gasteiger partial charge in [0.05, 0.1) is 0 Å². The zero-order valence-corrected chi connectivity index (χ0v) is 10.00. The quantitative estimate of drug-likeness (QED) is 0.659. The van der Waals surface area contributed by atoms with E-state index in [-0.39, 0.29) is 5.41 Å². The molecule has 0 atom stereocenters. The van der Waals surface area contributed by atoms with E-state index in [0.717, 1.165) is 17.2 Å². The van der Waals surface area contributed by atoms with Crippen molar-refractivity contribution in [3.05, 3.63) is 29.2 Å². The Labute approximate surface area is 90.1 Å². The minimum Gasteiger partial charge on any atom is -0.218 e. The molecule has 0 aliphatic carbocycles. The van der Waals surface area contributed by atoms with Crippen molar-refractivity contribution < 1.29 is 0 Å². The Morgan fingerprint density at radius 2 is 1.80 bits per heavy atom. The van der Waals surface area contributed by atoms with E-state index in [2.05, 4.69) is 43.0 Å². The molecule has 0 bridgehead atoms. The van der Waals surface area contributed by atoms with Gasteiger partial charge in [-0.1, -0.05) is 26.8 Å². The van der Waals surface area contributed by atoms with Gasteiger partial charge in [0, 0.05) is 11.3 Å². The van der Waals surface area contributed by atoms with Crippen LogP contribution in [0.3, 0.4) is 0 Å². The monoisotopic (exact) mass is 203 g/mol. The summed E-state index contributed by atoms with van der Waals surface area (Å²) in [5, 5.41) is 4.39. The van der Waals surface area contributed by atoms with Crippen molar-refractivity contribution in [1.82, 2.24) is 14.6 Å². The zero-order valence-electron chi connectivity index (χ0n) is 10.00. The number of aromatic nitrogens is 3. The molecule has 0 saturated heterocycles. The largest absolute Gasteiger partial charge is 0.218 e. The van der Waals surface area contributed by atoms with E-state index in [4.69, 9.17) is 0 Å². The number of rotatable bonds is 0. The predicted molar refractivity (Wildman–Crippen MR) is 61.2 cm³/mol. The van der Waals surface area contributed by atoms with E-state index in [1.807, 2.05) is 18.4 Å². The Bertz CT molecular complexity index is 503. The van der Waals surface area contributed by atoms with E-state index in [9.17, 15) is 0 Å². The van der Waals surface area contributed by atoms with Crippen LogP contribution in [0.1, 0.15) is 37.9 Å². The highest BCUT2D eigenvalue weighted by Crippen LogP contribution is 2.26. The molecular formula is C12H17N3. The molecule has 2 aromatic rings. The number of fused-ring (bicyclic) bond motifs is 1. The predicted octanol–water partition coefficient (Wildman–Crippen LogP) is 2.64. The van der Waals surface area contributed by atoms with Crippen LogP contribution in [0.4, 0.5) is 0 Å². The zero-order chi connectivity index (χ0) is 11.2. The maximum Gasteiger partial charge on any atom is 0.159 e. The molecule has 0 amide bonds. The fourth-order valence-electron chi connectivity index (χ4n) is 1.77. The van der Waals surface area contributed by atoms with Crippen molar-refractivity contribution in [3.63, 3.8) is 0 Å². The maximum absolute atomic E-state index is 4.49. The second-order valence-corrected chi connectivity index (χ2v) is 5.03. The first-order valence-corrected chi connectivity index (χ1v) is 5.23. The molecule has 0 saturated carbocycles. The third kappa shape index (κ3) is 1.62. The van der Waals surface area contributed by atoms with Gasteiger partial charge in [0.2, 0.25) is 0 Å². The number of hydrogen-bond donors (Lipinski definition) is 0. The molecule has 2 heterocycles. The third-order valence-corrected chi connectivity index (χ3v) is 2.59. The van der Waals surface area contributed by atoms with Crippen LogP contribution in [0.5, 0.6) is 0 Å². The van der Waals surface area contributed by atoms with Gasteiger partial charge >= 0.3 is 0 Å². The summed E-state index contributed by atoms with van der Waals surface area (Å²) in [5.74, 6) is 0.829. The van der Waals surface area contributed by atoms with Gasteiger partial charge in [0.25, 0.3) is 0 Å². The van der Waals surface area contributed by atoms with Gasteiger partial charge in [-0.2, -0.15) is 5.10 Å². The van der Waals surface area contributed by atoms with Gasteiger partial charge in [0.1, 0.15) is 5.82 Å². The fraction of sp³-hybridized carbons (Fsp3) is 0.500. The molecule has 0 unspecified atom stereocenters. The Hall–Kier alpha value is -1.38. The summed E-state index contributed by atoms with van der Waals surface area (Å²) in [5.41, 5.74) is 3.46. The molecule has 2 rings (SSSR count). The minimum atomic E-state index is 0.106. The number of hydrogen-bond acceptors (Lipinski definition) is 2. The lowest BCUT2D eigenvalue weighted by Gasteiger charge is -2.19. The van der Waals surface area contributed by atoms with Gasteiger partial charge in [-0.25, -0.2) is 9.50 Å². The summed E-state index contributed by atoms with van der Waals surface area (Å²) in [4.78, 5) is 4.49. The Morgan fingerprint density at radius 1 is 1.13 bits per heavy atom. The van der Waals surface area contributed by atoms with Gasteiger partial charge in [-0.15, -0.1) is 0 Å². The molecule has 80 valence electrons.